The van der Waals surface area contributed by atoms with Crippen molar-refractivity contribution in [3.8, 4) is 11.5 Å². The predicted octanol–water partition coefficient (Wildman–Crippen LogP) is 3.33. The van der Waals surface area contributed by atoms with Gasteiger partial charge in [0.15, 0.2) is 5.78 Å². The summed E-state index contributed by atoms with van der Waals surface area (Å²) in [6.45, 7) is 0.756. The van der Waals surface area contributed by atoms with Crippen LogP contribution in [-0.4, -0.2) is 37.9 Å². The van der Waals surface area contributed by atoms with Crippen LogP contribution in [0, 0.1) is 5.92 Å². The molecule has 0 saturated carbocycles. The Bertz CT molecular complexity index is 831. The lowest BCUT2D eigenvalue weighted by Gasteiger charge is -2.30. The smallest absolute Gasteiger partial charge is 0.211 e. The molecule has 0 bridgehead atoms. The molecule has 0 aromatic heterocycles. The topological polar surface area (TPSA) is 63.7 Å². The molecule has 132 valence electrons. The highest BCUT2D eigenvalue weighted by Crippen LogP contribution is 2.25. The molecule has 1 atom stereocenters. The van der Waals surface area contributed by atoms with Gasteiger partial charge in [0, 0.05) is 24.6 Å². The molecule has 1 aliphatic rings. The summed E-state index contributed by atoms with van der Waals surface area (Å²) in [4.78, 5) is 12.7. The van der Waals surface area contributed by atoms with Crippen molar-refractivity contribution in [3.05, 3.63) is 60.2 Å². The number of piperidine rings is 1. The second kappa shape index (κ2) is 7.37. The molecule has 0 N–H and O–H groups in total. The van der Waals surface area contributed by atoms with Crippen LogP contribution in [0.3, 0.4) is 0 Å². The van der Waals surface area contributed by atoms with Gasteiger partial charge in [-0.2, -0.15) is 0 Å². The van der Waals surface area contributed by atoms with Gasteiger partial charge in [-0.1, -0.05) is 18.2 Å². The van der Waals surface area contributed by atoms with Crippen molar-refractivity contribution in [3.63, 3.8) is 0 Å². The minimum atomic E-state index is -3.25. The molecule has 2 aromatic carbocycles. The zero-order valence-corrected chi connectivity index (χ0v) is 14.9. The fraction of sp³-hybridized carbons (Fsp3) is 0.316. The minimum Gasteiger partial charge on any atom is -0.457 e. The Morgan fingerprint density at radius 1 is 1.04 bits per heavy atom. The third-order valence-electron chi connectivity index (χ3n) is 4.34. The molecule has 0 radical (unpaired) electrons. The second-order valence-electron chi connectivity index (χ2n) is 6.26. The first-order chi connectivity index (χ1) is 11.9. The van der Waals surface area contributed by atoms with Crippen molar-refractivity contribution in [2.24, 2.45) is 5.92 Å². The molecule has 0 spiro atoms. The van der Waals surface area contributed by atoms with Gasteiger partial charge in [-0.05, 0) is 49.2 Å². The third kappa shape index (κ3) is 4.46. The van der Waals surface area contributed by atoms with E-state index in [1.807, 2.05) is 30.3 Å². The highest BCUT2D eigenvalue weighted by molar-refractivity contribution is 7.88. The van der Waals surface area contributed by atoms with Crippen LogP contribution in [0.25, 0.3) is 0 Å². The summed E-state index contributed by atoms with van der Waals surface area (Å²) in [5, 5.41) is 0. The van der Waals surface area contributed by atoms with Crippen molar-refractivity contribution in [1.29, 1.82) is 0 Å². The summed E-state index contributed by atoms with van der Waals surface area (Å²) in [5.41, 5.74) is 0.584. The lowest BCUT2D eigenvalue weighted by atomic mass is 9.91. The van der Waals surface area contributed by atoms with E-state index in [0.29, 0.717) is 30.7 Å². The summed E-state index contributed by atoms with van der Waals surface area (Å²) in [5.74, 6) is 1.09. The first-order valence-electron chi connectivity index (χ1n) is 8.26. The average molecular weight is 359 g/mol. The summed E-state index contributed by atoms with van der Waals surface area (Å²) in [7, 11) is -3.25. The maximum absolute atomic E-state index is 12.7. The molecule has 0 unspecified atom stereocenters. The summed E-state index contributed by atoms with van der Waals surface area (Å²) < 4.78 is 30.5. The van der Waals surface area contributed by atoms with Crippen LogP contribution < -0.4 is 4.74 Å². The standard InChI is InChI=1S/C19H21NO4S/c1-25(22,23)20-13-5-6-16(14-20)19(21)15-9-11-18(12-10-15)24-17-7-3-2-4-8-17/h2-4,7-12,16H,5-6,13-14H2,1H3/t16-/m1/s1. The quantitative estimate of drug-likeness (QED) is 0.768. The molecule has 1 saturated heterocycles. The Kier molecular flexibility index (Phi) is 5.20. The lowest BCUT2D eigenvalue weighted by Crippen LogP contribution is -2.41. The van der Waals surface area contributed by atoms with E-state index in [-0.39, 0.29) is 18.2 Å². The normalized spacial score (nSPS) is 18.7. The molecule has 0 amide bonds. The number of carbonyl (C=O) groups excluding carboxylic acids is 1. The molecular weight excluding hydrogens is 338 g/mol. The minimum absolute atomic E-state index is 0.0142. The van der Waals surface area contributed by atoms with Gasteiger partial charge in [-0.3, -0.25) is 4.79 Å². The van der Waals surface area contributed by atoms with Crippen molar-refractivity contribution in [1.82, 2.24) is 4.31 Å². The van der Waals surface area contributed by atoms with Crippen LogP contribution in [0.5, 0.6) is 11.5 Å². The van der Waals surface area contributed by atoms with E-state index < -0.39 is 10.0 Å². The van der Waals surface area contributed by atoms with Gasteiger partial charge in [0.25, 0.3) is 0 Å². The number of Topliss-reactive ketones (excluding diaryl/α,β-unsaturated/α-hetero) is 1. The Labute approximate surface area is 148 Å². The van der Waals surface area contributed by atoms with E-state index >= 15 is 0 Å². The number of sulfonamides is 1. The first kappa shape index (κ1) is 17.6. The number of hydrogen-bond acceptors (Lipinski definition) is 4. The average Bonchev–Trinajstić information content (AvgIpc) is 2.62. The molecule has 1 heterocycles. The number of rotatable bonds is 5. The van der Waals surface area contributed by atoms with E-state index in [1.165, 1.54) is 10.6 Å². The van der Waals surface area contributed by atoms with Gasteiger partial charge in [-0.15, -0.1) is 0 Å². The summed E-state index contributed by atoms with van der Waals surface area (Å²) in [6, 6.07) is 16.4. The molecule has 2 aromatic rings. The Balaban J connectivity index is 1.68. The maximum atomic E-state index is 12.7. The van der Waals surface area contributed by atoms with E-state index in [9.17, 15) is 13.2 Å². The zero-order valence-electron chi connectivity index (χ0n) is 14.1. The van der Waals surface area contributed by atoms with E-state index in [2.05, 4.69) is 0 Å². The fourth-order valence-corrected chi connectivity index (χ4v) is 3.92. The largest absolute Gasteiger partial charge is 0.457 e. The number of ether oxygens (including phenoxy) is 1. The first-order valence-corrected chi connectivity index (χ1v) is 10.1. The molecule has 1 aliphatic heterocycles. The van der Waals surface area contributed by atoms with Crippen LogP contribution >= 0.6 is 0 Å². The monoisotopic (exact) mass is 359 g/mol. The van der Waals surface area contributed by atoms with Crippen LogP contribution in [0.4, 0.5) is 0 Å². The van der Waals surface area contributed by atoms with Crippen molar-refractivity contribution in [2.45, 2.75) is 12.8 Å². The SMILES string of the molecule is CS(=O)(=O)N1CCC[C@@H](C(=O)c2ccc(Oc3ccccc3)cc2)C1. The van der Waals surface area contributed by atoms with Crippen molar-refractivity contribution in [2.75, 3.05) is 19.3 Å². The van der Waals surface area contributed by atoms with Crippen molar-refractivity contribution < 1.29 is 17.9 Å². The summed E-state index contributed by atoms with van der Waals surface area (Å²) >= 11 is 0. The Hall–Kier alpha value is -2.18. The number of carbonyl (C=O) groups is 1. The molecule has 3 rings (SSSR count). The molecule has 1 fully saturated rings. The van der Waals surface area contributed by atoms with Crippen LogP contribution in [0.2, 0.25) is 0 Å². The third-order valence-corrected chi connectivity index (χ3v) is 5.61. The maximum Gasteiger partial charge on any atom is 0.211 e. The van der Waals surface area contributed by atoms with Gasteiger partial charge in [-0.25, -0.2) is 12.7 Å². The van der Waals surface area contributed by atoms with Crippen LogP contribution in [0.1, 0.15) is 23.2 Å². The number of benzene rings is 2. The van der Waals surface area contributed by atoms with Gasteiger partial charge in [0.1, 0.15) is 11.5 Å². The summed E-state index contributed by atoms with van der Waals surface area (Å²) in [6.07, 6.45) is 2.61. The molecule has 0 aliphatic carbocycles. The molecule has 25 heavy (non-hydrogen) atoms. The number of ketones is 1. The zero-order chi connectivity index (χ0) is 17.9. The Morgan fingerprint density at radius 2 is 1.68 bits per heavy atom. The highest BCUT2D eigenvalue weighted by Gasteiger charge is 2.30. The number of para-hydroxylation sites is 1. The molecular formula is C19H21NO4S. The van der Waals surface area contributed by atoms with Gasteiger partial charge in [0.05, 0.1) is 6.26 Å². The Morgan fingerprint density at radius 3 is 2.32 bits per heavy atom. The highest BCUT2D eigenvalue weighted by atomic mass is 32.2. The van der Waals surface area contributed by atoms with Crippen LogP contribution in [0.15, 0.2) is 54.6 Å². The van der Waals surface area contributed by atoms with Crippen molar-refractivity contribution >= 4 is 15.8 Å². The second-order valence-corrected chi connectivity index (χ2v) is 8.25. The van der Waals surface area contributed by atoms with Crippen LogP contribution in [-0.2, 0) is 10.0 Å². The van der Waals surface area contributed by atoms with Gasteiger partial charge < -0.3 is 4.74 Å². The van der Waals surface area contributed by atoms with E-state index in [4.69, 9.17) is 4.74 Å². The lowest BCUT2D eigenvalue weighted by molar-refractivity contribution is 0.0873. The van der Waals surface area contributed by atoms with Gasteiger partial charge in [0.2, 0.25) is 10.0 Å². The van der Waals surface area contributed by atoms with E-state index in [0.717, 1.165) is 5.75 Å². The van der Waals surface area contributed by atoms with Gasteiger partial charge >= 0.3 is 0 Å². The fourth-order valence-electron chi connectivity index (χ4n) is 3.01. The van der Waals surface area contributed by atoms with E-state index in [1.54, 1.807) is 24.3 Å². The predicted molar refractivity (Wildman–Crippen MR) is 96.4 cm³/mol. The number of hydrogen-bond donors (Lipinski definition) is 0. The number of nitrogens with zero attached hydrogens (tertiary/aromatic N) is 1. The molecule has 6 heteroatoms. The molecule has 5 nitrogen and oxygen atoms in total.